The molecule has 2 rings (SSSR count). The maximum Gasteiger partial charge on any atom is 0.302 e. The van der Waals surface area contributed by atoms with Gasteiger partial charge < -0.3 is 9.47 Å². The normalized spacial score (nSPS) is 16.0. The highest BCUT2D eigenvalue weighted by molar-refractivity contribution is 5.66. The molecule has 1 aromatic heterocycles. The zero-order valence-electron chi connectivity index (χ0n) is 11.1. The SMILES string of the molecule is COC(COC(C)=O)n1cc(C2=CC=CCC2)nn1. The lowest BCUT2D eigenvalue weighted by molar-refractivity contribution is -0.147. The van der Waals surface area contributed by atoms with Gasteiger partial charge in [-0.25, -0.2) is 4.68 Å². The molecule has 19 heavy (non-hydrogen) atoms. The van der Waals surface area contributed by atoms with Gasteiger partial charge in [0.15, 0.2) is 6.23 Å². The van der Waals surface area contributed by atoms with E-state index in [-0.39, 0.29) is 12.6 Å². The van der Waals surface area contributed by atoms with E-state index >= 15 is 0 Å². The van der Waals surface area contributed by atoms with Crippen molar-refractivity contribution in [1.29, 1.82) is 0 Å². The van der Waals surface area contributed by atoms with Crippen LogP contribution in [0.15, 0.2) is 24.4 Å². The summed E-state index contributed by atoms with van der Waals surface area (Å²) in [6.45, 7) is 1.48. The highest BCUT2D eigenvalue weighted by Gasteiger charge is 2.15. The third-order valence-electron chi connectivity index (χ3n) is 2.85. The van der Waals surface area contributed by atoms with Crippen molar-refractivity contribution >= 4 is 11.5 Å². The van der Waals surface area contributed by atoms with Gasteiger partial charge >= 0.3 is 5.97 Å². The summed E-state index contributed by atoms with van der Waals surface area (Å²) in [5.74, 6) is -0.345. The third kappa shape index (κ3) is 3.51. The van der Waals surface area contributed by atoms with Crippen LogP contribution in [-0.4, -0.2) is 34.7 Å². The van der Waals surface area contributed by atoms with Gasteiger partial charge in [0, 0.05) is 14.0 Å². The predicted octanol–water partition coefficient (Wildman–Crippen LogP) is 1.72. The smallest absolute Gasteiger partial charge is 0.302 e. The monoisotopic (exact) mass is 263 g/mol. The van der Waals surface area contributed by atoms with Crippen LogP contribution in [0.3, 0.4) is 0 Å². The molecule has 0 aliphatic heterocycles. The summed E-state index contributed by atoms with van der Waals surface area (Å²) in [4.78, 5) is 10.8. The van der Waals surface area contributed by atoms with Crippen LogP contribution in [0.5, 0.6) is 0 Å². The van der Waals surface area contributed by atoms with E-state index in [0.29, 0.717) is 0 Å². The fourth-order valence-corrected chi connectivity index (χ4v) is 1.82. The minimum atomic E-state index is -0.454. The maximum absolute atomic E-state index is 10.8. The highest BCUT2D eigenvalue weighted by Crippen LogP contribution is 2.22. The molecule has 102 valence electrons. The first-order chi connectivity index (χ1) is 9.20. The van der Waals surface area contributed by atoms with Gasteiger partial charge in [-0.3, -0.25) is 4.79 Å². The van der Waals surface area contributed by atoms with Gasteiger partial charge in [0.05, 0.1) is 6.20 Å². The van der Waals surface area contributed by atoms with Crippen molar-refractivity contribution in [2.24, 2.45) is 0 Å². The topological polar surface area (TPSA) is 66.2 Å². The lowest BCUT2D eigenvalue weighted by Gasteiger charge is -2.14. The molecule has 6 nitrogen and oxygen atoms in total. The number of allylic oxidation sites excluding steroid dienone is 4. The number of ether oxygens (including phenoxy) is 2. The van der Waals surface area contributed by atoms with Gasteiger partial charge in [-0.05, 0) is 18.4 Å². The molecule has 1 aliphatic carbocycles. The van der Waals surface area contributed by atoms with Gasteiger partial charge in [0.25, 0.3) is 0 Å². The molecule has 0 saturated heterocycles. The second kappa shape index (κ2) is 6.29. The summed E-state index contributed by atoms with van der Waals surface area (Å²) in [7, 11) is 1.54. The average molecular weight is 263 g/mol. The lowest BCUT2D eigenvalue weighted by atomic mass is 10.0. The molecule has 1 unspecified atom stereocenters. The molecule has 0 aromatic carbocycles. The van der Waals surface area contributed by atoms with E-state index in [1.54, 1.807) is 4.68 Å². The number of carbonyl (C=O) groups excluding carboxylic acids is 1. The summed E-state index contributed by atoms with van der Waals surface area (Å²) >= 11 is 0. The highest BCUT2D eigenvalue weighted by atomic mass is 16.6. The molecule has 0 spiro atoms. The Bertz CT molecular complexity index is 505. The van der Waals surface area contributed by atoms with Crippen LogP contribution in [0.1, 0.15) is 31.7 Å². The summed E-state index contributed by atoms with van der Waals surface area (Å²) in [6, 6.07) is 0. The summed E-state index contributed by atoms with van der Waals surface area (Å²) in [5, 5.41) is 8.15. The molecular formula is C13H17N3O3. The van der Waals surface area contributed by atoms with Gasteiger partial charge in [-0.15, -0.1) is 5.10 Å². The van der Waals surface area contributed by atoms with Crippen molar-refractivity contribution in [3.63, 3.8) is 0 Å². The standard InChI is InChI=1S/C13H17N3O3/c1-10(17)19-9-13(18-2)16-8-12(14-15-16)11-6-4-3-5-7-11/h3-4,6,8,13H,5,7,9H2,1-2H3. The van der Waals surface area contributed by atoms with E-state index in [1.165, 1.54) is 14.0 Å². The summed E-state index contributed by atoms with van der Waals surface area (Å²) < 4.78 is 11.7. The molecule has 0 amide bonds. The van der Waals surface area contributed by atoms with Crippen LogP contribution in [0.25, 0.3) is 5.57 Å². The first-order valence-electron chi connectivity index (χ1n) is 6.14. The summed E-state index contributed by atoms with van der Waals surface area (Å²) in [5.41, 5.74) is 1.98. The minimum absolute atomic E-state index is 0.119. The minimum Gasteiger partial charge on any atom is -0.461 e. The number of rotatable bonds is 5. The van der Waals surface area contributed by atoms with Gasteiger partial charge in [0.2, 0.25) is 0 Å². The molecule has 6 heteroatoms. The van der Waals surface area contributed by atoms with E-state index in [2.05, 4.69) is 16.4 Å². The Balaban J connectivity index is 2.08. The van der Waals surface area contributed by atoms with Gasteiger partial charge in [-0.1, -0.05) is 23.4 Å². The Hall–Kier alpha value is -1.95. The van der Waals surface area contributed by atoms with Gasteiger partial charge in [0.1, 0.15) is 12.3 Å². The molecule has 0 fully saturated rings. The second-order valence-electron chi connectivity index (χ2n) is 4.24. The van der Waals surface area contributed by atoms with Crippen molar-refractivity contribution in [2.75, 3.05) is 13.7 Å². The van der Waals surface area contributed by atoms with Crippen molar-refractivity contribution < 1.29 is 14.3 Å². The summed E-state index contributed by atoms with van der Waals surface area (Å²) in [6.07, 6.45) is 9.49. The lowest BCUT2D eigenvalue weighted by Crippen LogP contribution is -2.19. The Morgan fingerprint density at radius 1 is 1.58 bits per heavy atom. The largest absolute Gasteiger partial charge is 0.461 e. The molecule has 1 atom stereocenters. The van der Waals surface area contributed by atoms with E-state index < -0.39 is 6.23 Å². The molecular weight excluding hydrogens is 246 g/mol. The molecule has 0 N–H and O–H groups in total. The fourth-order valence-electron chi connectivity index (χ4n) is 1.82. The van der Waals surface area contributed by atoms with Crippen LogP contribution < -0.4 is 0 Å². The maximum atomic E-state index is 10.8. The molecule has 0 bridgehead atoms. The van der Waals surface area contributed by atoms with E-state index in [1.807, 2.05) is 18.3 Å². The first-order valence-corrected chi connectivity index (χ1v) is 6.14. The fraction of sp³-hybridized carbons (Fsp3) is 0.462. The number of esters is 1. The van der Waals surface area contributed by atoms with Crippen molar-refractivity contribution in [2.45, 2.75) is 26.0 Å². The molecule has 0 radical (unpaired) electrons. The van der Waals surface area contributed by atoms with Crippen LogP contribution in [-0.2, 0) is 14.3 Å². The van der Waals surface area contributed by atoms with Crippen LogP contribution in [0.2, 0.25) is 0 Å². The van der Waals surface area contributed by atoms with Gasteiger partial charge in [-0.2, -0.15) is 0 Å². The molecule has 1 heterocycles. The number of aromatic nitrogens is 3. The van der Waals surface area contributed by atoms with Crippen LogP contribution in [0.4, 0.5) is 0 Å². The second-order valence-corrected chi connectivity index (χ2v) is 4.24. The zero-order chi connectivity index (χ0) is 13.7. The molecule has 0 saturated carbocycles. The first kappa shape index (κ1) is 13.5. The molecule has 1 aromatic rings. The van der Waals surface area contributed by atoms with E-state index in [0.717, 1.165) is 24.1 Å². The van der Waals surface area contributed by atoms with E-state index in [4.69, 9.17) is 9.47 Å². The molecule has 1 aliphatic rings. The van der Waals surface area contributed by atoms with Crippen molar-refractivity contribution in [3.05, 3.63) is 30.1 Å². The predicted molar refractivity (Wildman–Crippen MR) is 69.1 cm³/mol. The van der Waals surface area contributed by atoms with Crippen molar-refractivity contribution in [1.82, 2.24) is 15.0 Å². The van der Waals surface area contributed by atoms with Crippen molar-refractivity contribution in [3.8, 4) is 0 Å². The number of nitrogens with zero attached hydrogens (tertiary/aromatic N) is 3. The number of hydrogen-bond donors (Lipinski definition) is 0. The number of carbonyl (C=O) groups is 1. The van der Waals surface area contributed by atoms with E-state index in [9.17, 15) is 4.79 Å². The third-order valence-corrected chi connectivity index (χ3v) is 2.85. The Kier molecular flexibility index (Phi) is 4.46. The average Bonchev–Trinajstić information content (AvgIpc) is 2.90. The number of methoxy groups -OCH3 is 1. The van der Waals surface area contributed by atoms with Crippen LogP contribution >= 0.6 is 0 Å². The van der Waals surface area contributed by atoms with Crippen LogP contribution in [0, 0.1) is 0 Å². The zero-order valence-corrected chi connectivity index (χ0v) is 11.1. The Labute approximate surface area is 111 Å². The Morgan fingerprint density at radius 3 is 3.05 bits per heavy atom. The quantitative estimate of drug-likeness (QED) is 0.757. The Morgan fingerprint density at radius 2 is 2.42 bits per heavy atom. The number of hydrogen-bond acceptors (Lipinski definition) is 5.